The Bertz CT molecular complexity index is 461. The molecule has 0 saturated carbocycles. The summed E-state index contributed by atoms with van der Waals surface area (Å²) in [4.78, 5) is 1.26. The van der Waals surface area contributed by atoms with Crippen molar-refractivity contribution in [3.05, 3.63) is 23.8 Å². The number of halogens is 1. The van der Waals surface area contributed by atoms with Crippen molar-refractivity contribution in [2.45, 2.75) is 49.1 Å². The molecule has 0 bridgehead atoms. The second-order valence-electron chi connectivity index (χ2n) is 5.79. The van der Waals surface area contributed by atoms with E-state index in [4.69, 9.17) is 9.31 Å². The van der Waals surface area contributed by atoms with E-state index in [-0.39, 0.29) is 18.3 Å². The summed E-state index contributed by atoms with van der Waals surface area (Å²) in [6.45, 7) is 8.32. The summed E-state index contributed by atoms with van der Waals surface area (Å²) in [7, 11) is -0.284. The minimum Gasteiger partial charge on any atom is -0.399 e. The summed E-state index contributed by atoms with van der Waals surface area (Å²) in [5.74, 6) is 0. The van der Waals surface area contributed by atoms with Crippen LogP contribution in [0.25, 0.3) is 0 Å². The van der Waals surface area contributed by atoms with Crippen LogP contribution in [0.15, 0.2) is 23.1 Å². The molecule has 2 nitrogen and oxygen atoms in total. The normalized spacial score (nSPS) is 20.8. The Morgan fingerprint density at radius 2 is 1.74 bits per heavy atom. The van der Waals surface area contributed by atoms with Crippen molar-refractivity contribution in [1.29, 1.82) is 0 Å². The zero-order valence-electron chi connectivity index (χ0n) is 12.1. The Hall–Kier alpha value is 0.0349. The van der Waals surface area contributed by atoms with Gasteiger partial charge in [0.25, 0.3) is 0 Å². The standard InChI is InChI=1S/C14H20BBrO2S/c1-13(2)14(3,4)18-15(17-13)12-7-6-11(19-5)8-10(12)9-16/h6-8H,9H2,1-5H3. The molecular formula is C14H20BBrO2S. The average molecular weight is 343 g/mol. The van der Waals surface area contributed by atoms with Crippen LogP contribution in [0.3, 0.4) is 0 Å². The summed E-state index contributed by atoms with van der Waals surface area (Å²) in [6, 6.07) is 6.43. The lowest BCUT2D eigenvalue weighted by Gasteiger charge is -2.32. The molecule has 1 aromatic carbocycles. The molecule has 0 radical (unpaired) electrons. The van der Waals surface area contributed by atoms with Crippen molar-refractivity contribution in [2.24, 2.45) is 0 Å². The molecule has 19 heavy (non-hydrogen) atoms. The molecule has 0 aromatic heterocycles. The second kappa shape index (κ2) is 5.43. The van der Waals surface area contributed by atoms with E-state index < -0.39 is 0 Å². The van der Waals surface area contributed by atoms with Gasteiger partial charge in [-0.05, 0) is 57.1 Å². The number of benzene rings is 1. The highest BCUT2D eigenvalue weighted by Crippen LogP contribution is 2.37. The van der Waals surface area contributed by atoms with E-state index >= 15 is 0 Å². The van der Waals surface area contributed by atoms with Gasteiger partial charge in [0, 0.05) is 10.2 Å². The zero-order chi connectivity index (χ0) is 14.3. The van der Waals surface area contributed by atoms with Crippen LogP contribution < -0.4 is 5.46 Å². The van der Waals surface area contributed by atoms with Gasteiger partial charge in [-0.2, -0.15) is 0 Å². The maximum Gasteiger partial charge on any atom is 0.495 e. The molecule has 2 rings (SSSR count). The number of hydrogen-bond donors (Lipinski definition) is 0. The molecule has 0 aliphatic carbocycles. The molecule has 1 heterocycles. The van der Waals surface area contributed by atoms with Crippen molar-refractivity contribution in [3.8, 4) is 0 Å². The van der Waals surface area contributed by atoms with E-state index in [2.05, 4.69) is 68.1 Å². The Morgan fingerprint density at radius 1 is 1.16 bits per heavy atom. The molecule has 0 unspecified atom stereocenters. The summed E-state index contributed by atoms with van der Waals surface area (Å²) in [5.41, 5.74) is 1.76. The minimum absolute atomic E-state index is 0.284. The maximum atomic E-state index is 6.12. The highest BCUT2D eigenvalue weighted by molar-refractivity contribution is 9.08. The van der Waals surface area contributed by atoms with Crippen LogP contribution in [0, 0.1) is 0 Å². The van der Waals surface area contributed by atoms with E-state index in [1.165, 1.54) is 10.5 Å². The Labute approximate surface area is 128 Å². The van der Waals surface area contributed by atoms with Crippen LogP contribution in [0.2, 0.25) is 0 Å². The monoisotopic (exact) mass is 342 g/mol. The largest absolute Gasteiger partial charge is 0.495 e. The summed E-state index contributed by atoms with van der Waals surface area (Å²) in [5, 5.41) is 0.806. The van der Waals surface area contributed by atoms with Gasteiger partial charge in [0.1, 0.15) is 0 Å². The second-order valence-corrected chi connectivity index (χ2v) is 7.23. The summed E-state index contributed by atoms with van der Waals surface area (Å²) < 4.78 is 12.2. The lowest BCUT2D eigenvalue weighted by molar-refractivity contribution is 0.00578. The van der Waals surface area contributed by atoms with Crippen molar-refractivity contribution in [1.82, 2.24) is 0 Å². The maximum absolute atomic E-state index is 6.12. The van der Waals surface area contributed by atoms with Crippen LogP contribution in [0.4, 0.5) is 0 Å². The first-order valence-electron chi connectivity index (χ1n) is 6.39. The Kier molecular flexibility index (Phi) is 4.41. The van der Waals surface area contributed by atoms with Crippen LogP contribution >= 0.6 is 27.7 Å². The molecule has 0 N–H and O–H groups in total. The Morgan fingerprint density at radius 3 is 2.21 bits per heavy atom. The first kappa shape index (κ1) is 15.4. The predicted octanol–water partition coefficient (Wildman–Crippen LogP) is 3.60. The fraction of sp³-hybridized carbons (Fsp3) is 0.571. The number of thioether (sulfide) groups is 1. The molecule has 1 aliphatic heterocycles. The van der Waals surface area contributed by atoms with Gasteiger partial charge in [0.15, 0.2) is 0 Å². The van der Waals surface area contributed by atoms with Crippen molar-refractivity contribution in [3.63, 3.8) is 0 Å². The molecule has 1 saturated heterocycles. The van der Waals surface area contributed by atoms with Crippen LogP contribution in [0.1, 0.15) is 33.3 Å². The third kappa shape index (κ3) is 2.89. The molecule has 1 aliphatic rings. The van der Waals surface area contributed by atoms with Gasteiger partial charge in [-0.25, -0.2) is 0 Å². The smallest absolute Gasteiger partial charge is 0.399 e. The van der Waals surface area contributed by atoms with Gasteiger partial charge in [-0.15, -0.1) is 11.8 Å². The van der Waals surface area contributed by atoms with Gasteiger partial charge in [0.2, 0.25) is 0 Å². The quantitative estimate of drug-likeness (QED) is 0.475. The molecule has 104 valence electrons. The molecule has 5 heteroatoms. The molecule has 1 aromatic rings. The van der Waals surface area contributed by atoms with Crippen molar-refractivity contribution < 1.29 is 9.31 Å². The molecular weight excluding hydrogens is 323 g/mol. The number of rotatable bonds is 3. The van der Waals surface area contributed by atoms with E-state index in [9.17, 15) is 0 Å². The van der Waals surface area contributed by atoms with Crippen LogP contribution in [0.5, 0.6) is 0 Å². The SMILES string of the molecule is CSc1ccc(B2OC(C)(C)C(C)(C)O2)c(CBr)c1. The molecule has 0 atom stereocenters. The topological polar surface area (TPSA) is 18.5 Å². The average Bonchev–Trinajstić information content (AvgIpc) is 2.57. The van der Waals surface area contributed by atoms with Crippen LogP contribution in [-0.4, -0.2) is 24.6 Å². The Balaban J connectivity index is 2.34. The third-order valence-electron chi connectivity index (χ3n) is 4.00. The summed E-state index contributed by atoms with van der Waals surface area (Å²) >= 11 is 5.30. The van der Waals surface area contributed by atoms with Crippen LogP contribution in [-0.2, 0) is 14.6 Å². The van der Waals surface area contributed by atoms with Gasteiger partial charge in [-0.3, -0.25) is 0 Å². The zero-order valence-corrected chi connectivity index (χ0v) is 14.5. The number of hydrogen-bond acceptors (Lipinski definition) is 3. The fourth-order valence-electron chi connectivity index (χ4n) is 2.02. The minimum atomic E-state index is -0.292. The van der Waals surface area contributed by atoms with Gasteiger partial charge in [0.05, 0.1) is 11.2 Å². The van der Waals surface area contributed by atoms with Crippen molar-refractivity contribution in [2.75, 3.05) is 6.26 Å². The van der Waals surface area contributed by atoms with Gasteiger partial charge >= 0.3 is 7.12 Å². The highest BCUT2D eigenvalue weighted by atomic mass is 79.9. The first-order chi connectivity index (χ1) is 8.80. The fourth-order valence-corrected chi connectivity index (χ4v) is 2.97. The van der Waals surface area contributed by atoms with Gasteiger partial charge < -0.3 is 9.31 Å². The summed E-state index contributed by atoms with van der Waals surface area (Å²) in [6.07, 6.45) is 2.09. The highest BCUT2D eigenvalue weighted by Gasteiger charge is 2.52. The lowest BCUT2D eigenvalue weighted by atomic mass is 9.76. The van der Waals surface area contributed by atoms with Crippen molar-refractivity contribution >= 4 is 40.3 Å². The van der Waals surface area contributed by atoms with E-state index in [1.54, 1.807) is 11.8 Å². The number of alkyl halides is 1. The first-order valence-corrected chi connectivity index (χ1v) is 8.74. The van der Waals surface area contributed by atoms with Gasteiger partial charge in [-0.1, -0.05) is 22.0 Å². The predicted molar refractivity (Wildman–Crippen MR) is 86.6 cm³/mol. The van der Waals surface area contributed by atoms with E-state index in [0.717, 1.165) is 10.8 Å². The third-order valence-corrected chi connectivity index (χ3v) is 5.33. The lowest BCUT2D eigenvalue weighted by Crippen LogP contribution is -2.41. The van der Waals surface area contributed by atoms with E-state index in [1.807, 2.05) is 0 Å². The molecule has 1 fully saturated rings. The molecule has 0 spiro atoms. The molecule has 0 amide bonds. The van der Waals surface area contributed by atoms with E-state index in [0.29, 0.717) is 0 Å².